The maximum absolute atomic E-state index is 8.70. The molecule has 5 heteroatoms. The minimum Gasteiger partial charge on any atom is -1.00 e. The van der Waals surface area contributed by atoms with Gasteiger partial charge < -0.3 is 16.1 Å². The molecule has 15 heavy (non-hydrogen) atoms. The molecule has 0 fully saturated rings. The Labute approximate surface area is 132 Å². The monoisotopic (exact) mass is 228 g/mol. The molecule has 0 aromatic heterocycles. The quantitative estimate of drug-likeness (QED) is 0.603. The molecule has 0 bridgehead atoms. The predicted molar refractivity (Wildman–Crippen MR) is 55.9 cm³/mol. The summed E-state index contributed by atoms with van der Waals surface area (Å²) < 4.78 is 4.84. The molecular weight excluding hydrogens is 218 g/mol. The molecule has 0 aliphatic rings. The SMILES string of the molecule is OB(O)Oc1cccc2ccccc12.[H-].[K+]. The molecule has 2 aromatic rings. The van der Waals surface area contributed by atoms with Crippen LogP contribution in [0.2, 0.25) is 0 Å². The van der Waals surface area contributed by atoms with Crippen LogP contribution >= 0.6 is 0 Å². The molecule has 0 spiro atoms. The van der Waals surface area contributed by atoms with E-state index in [1.165, 1.54) is 0 Å². The summed E-state index contributed by atoms with van der Waals surface area (Å²) >= 11 is 0. The molecular formula is C10H10BKO3. The van der Waals surface area contributed by atoms with Crippen LogP contribution < -0.4 is 56.0 Å². The van der Waals surface area contributed by atoms with Gasteiger partial charge in [0.05, 0.1) is 0 Å². The summed E-state index contributed by atoms with van der Waals surface area (Å²) in [5.74, 6) is 0.470. The molecule has 0 aliphatic carbocycles. The topological polar surface area (TPSA) is 49.7 Å². The van der Waals surface area contributed by atoms with Gasteiger partial charge in [-0.2, -0.15) is 0 Å². The van der Waals surface area contributed by atoms with Crippen molar-refractivity contribution in [1.29, 1.82) is 0 Å². The Morgan fingerprint density at radius 2 is 1.67 bits per heavy atom. The van der Waals surface area contributed by atoms with Crippen molar-refractivity contribution in [2.24, 2.45) is 0 Å². The zero-order valence-electron chi connectivity index (χ0n) is 9.42. The number of fused-ring (bicyclic) bond motifs is 1. The van der Waals surface area contributed by atoms with Crippen molar-refractivity contribution in [3.63, 3.8) is 0 Å². The smallest absolute Gasteiger partial charge is 1.00 e. The van der Waals surface area contributed by atoms with Crippen LogP contribution in [0.3, 0.4) is 0 Å². The van der Waals surface area contributed by atoms with E-state index >= 15 is 0 Å². The minimum absolute atomic E-state index is 0. The molecule has 3 nitrogen and oxygen atoms in total. The van der Waals surface area contributed by atoms with Gasteiger partial charge in [0.25, 0.3) is 0 Å². The van der Waals surface area contributed by atoms with Gasteiger partial charge in [0.1, 0.15) is 5.75 Å². The van der Waals surface area contributed by atoms with Crippen LogP contribution in [0.5, 0.6) is 5.75 Å². The van der Waals surface area contributed by atoms with Crippen LogP contribution in [0, 0.1) is 0 Å². The first-order valence-corrected chi connectivity index (χ1v) is 4.28. The van der Waals surface area contributed by atoms with E-state index in [0.717, 1.165) is 10.8 Å². The molecule has 0 atom stereocenters. The molecule has 0 saturated carbocycles. The van der Waals surface area contributed by atoms with Crippen molar-refractivity contribution in [3.8, 4) is 5.75 Å². The minimum atomic E-state index is -1.78. The maximum Gasteiger partial charge on any atom is 1.00 e. The number of hydrogen-bond donors (Lipinski definition) is 2. The fraction of sp³-hybridized carbons (Fsp3) is 0. The van der Waals surface area contributed by atoms with E-state index in [0.29, 0.717) is 5.75 Å². The molecule has 0 radical (unpaired) electrons. The Hall–Kier alpha value is 0.121. The van der Waals surface area contributed by atoms with E-state index in [1.54, 1.807) is 12.1 Å². The molecule has 0 unspecified atom stereocenters. The Kier molecular flexibility index (Phi) is 5.28. The molecule has 72 valence electrons. The van der Waals surface area contributed by atoms with Crippen molar-refractivity contribution in [3.05, 3.63) is 42.5 Å². The average Bonchev–Trinajstić information content (AvgIpc) is 2.18. The van der Waals surface area contributed by atoms with Gasteiger partial charge in [0.15, 0.2) is 0 Å². The largest absolute Gasteiger partial charge is 1.00 e. The number of benzene rings is 2. The second-order valence-electron chi connectivity index (χ2n) is 2.92. The number of hydrogen-bond acceptors (Lipinski definition) is 3. The Morgan fingerprint density at radius 3 is 2.40 bits per heavy atom. The van der Waals surface area contributed by atoms with E-state index in [9.17, 15) is 0 Å². The maximum atomic E-state index is 8.70. The fourth-order valence-electron chi connectivity index (χ4n) is 1.41. The molecule has 0 saturated heterocycles. The van der Waals surface area contributed by atoms with Gasteiger partial charge in [0.2, 0.25) is 0 Å². The molecule has 0 aliphatic heterocycles. The molecule has 0 amide bonds. The zero-order valence-corrected chi connectivity index (χ0v) is 11.5. The van der Waals surface area contributed by atoms with Gasteiger partial charge in [0, 0.05) is 5.39 Å². The summed E-state index contributed by atoms with van der Waals surface area (Å²) in [4.78, 5) is 0. The predicted octanol–water partition coefficient (Wildman–Crippen LogP) is -1.70. The Morgan fingerprint density at radius 1 is 1.00 bits per heavy atom. The second kappa shape index (κ2) is 6.01. The summed E-state index contributed by atoms with van der Waals surface area (Å²) in [6.07, 6.45) is 0. The zero-order chi connectivity index (χ0) is 9.97. The van der Waals surface area contributed by atoms with Gasteiger partial charge >= 0.3 is 58.7 Å². The molecule has 2 aromatic carbocycles. The van der Waals surface area contributed by atoms with Crippen LogP contribution in [-0.4, -0.2) is 17.4 Å². The van der Waals surface area contributed by atoms with Crippen molar-refractivity contribution in [1.82, 2.24) is 0 Å². The van der Waals surface area contributed by atoms with E-state index in [-0.39, 0.29) is 52.8 Å². The van der Waals surface area contributed by atoms with E-state index in [2.05, 4.69) is 0 Å². The van der Waals surface area contributed by atoms with Crippen molar-refractivity contribution in [2.75, 3.05) is 0 Å². The van der Waals surface area contributed by atoms with Crippen LogP contribution in [0.25, 0.3) is 10.8 Å². The summed E-state index contributed by atoms with van der Waals surface area (Å²) in [5, 5.41) is 19.3. The first-order valence-electron chi connectivity index (χ1n) is 4.28. The first kappa shape index (κ1) is 13.2. The van der Waals surface area contributed by atoms with Crippen LogP contribution in [0.15, 0.2) is 42.5 Å². The third kappa shape index (κ3) is 3.29. The van der Waals surface area contributed by atoms with Crippen LogP contribution in [0.4, 0.5) is 0 Å². The van der Waals surface area contributed by atoms with Crippen LogP contribution in [0.1, 0.15) is 1.43 Å². The van der Waals surface area contributed by atoms with Gasteiger partial charge in [-0.25, -0.2) is 0 Å². The average molecular weight is 228 g/mol. The van der Waals surface area contributed by atoms with Crippen LogP contribution in [-0.2, 0) is 0 Å². The summed E-state index contributed by atoms with van der Waals surface area (Å²) in [6, 6.07) is 13.0. The van der Waals surface area contributed by atoms with Crippen molar-refractivity contribution in [2.45, 2.75) is 0 Å². The molecule has 2 rings (SSSR count). The fourth-order valence-corrected chi connectivity index (χ4v) is 1.41. The summed E-state index contributed by atoms with van der Waals surface area (Å²) in [5.41, 5.74) is 0. The third-order valence-corrected chi connectivity index (χ3v) is 1.98. The normalized spacial score (nSPS) is 9.47. The summed E-state index contributed by atoms with van der Waals surface area (Å²) in [6.45, 7) is 0. The van der Waals surface area contributed by atoms with Crippen molar-refractivity contribution >= 4 is 18.1 Å². The summed E-state index contributed by atoms with van der Waals surface area (Å²) in [7, 11) is -1.78. The third-order valence-electron chi connectivity index (χ3n) is 1.98. The van der Waals surface area contributed by atoms with E-state index < -0.39 is 7.32 Å². The van der Waals surface area contributed by atoms with Gasteiger partial charge in [-0.3, -0.25) is 0 Å². The first-order chi connectivity index (χ1) is 6.77. The van der Waals surface area contributed by atoms with E-state index in [1.807, 2.05) is 30.3 Å². The van der Waals surface area contributed by atoms with Gasteiger partial charge in [-0.15, -0.1) is 0 Å². The van der Waals surface area contributed by atoms with Gasteiger partial charge in [-0.1, -0.05) is 36.4 Å². The second-order valence-corrected chi connectivity index (χ2v) is 2.92. The van der Waals surface area contributed by atoms with E-state index in [4.69, 9.17) is 14.7 Å². The molecule has 0 heterocycles. The number of rotatable bonds is 2. The Balaban J connectivity index is 0.00000112. The van der Waals surface area contributed by atoms with Gasteiger partial charge in [-0.05, 0) is 11.5 Å². The van der Waals surface area contributed by atoms with Crippen molar-refractivity contribution < 1.29 is 67.5 Å². The Bertz CT molecular complexity index is 448. The molecule has 2 N–H and O–H groups in total. The standard InChI is InChI=1S/C10H9BO3.K.H/c12-11(13)14-10-7-3-5-8-4-1-2-6-9(8)10;;/h1-7,12-13H;;/q;+1;-1.